The van der Waals surface area contributed by atoms with Gasteiger partial charge in [0.25, 0.3) is 15.9 Å². The third kappa shape index (κ3) is 6.77. The molecule has 0 radical (unpaired) electrons. The Morgan fingerprint density at radius 3 is 2.38 bits per heavy atom. The van der Waals surface area contributed by atoms with Crippen LogP contribution in [0.15, 0.2) is 83.8 Å². The van der Waals surface area contributed by atoms with Crippen molar-refractivity contribution in [1.82, 2.24) is 20.2 Å². The van der Waals surface area contributed by atoms with Crippen molar-refractivity contribution in [2.24, 2.45) is 0 Å². The van der Waals surface area contributed by atoms with Gasteiger partial charge in [-0.15, -0.1) is 0 Å². The molecule has 3 aromatic carbocycles. The first kappa shape index (κ1) is 27.2. The van der Waals surface area contributed by atoms with Crippen LogP contribution in [0.2, 0.25) is 0 Å². The number of carbonyl (C=O) groups is 2. The van der Waals surface area contributed by atoms with Crippen LogP contribution in [0.1, 0.15) is 29.6 Å². The Bertz CT molecular complexity index is 1530. The molecule has 4 N–H and O–H groups in total. The fourth-order valence-corrected chi connectivity index (χ4v) is 5.31. The van der Waals surface area contributed by atoms with E-state index in [0.717, 1.165) is 48.6 Å². The van der Waals surface area contributed by atoms with Gasteiger partial charge in [0.1, 0.15) is 0 Å². The maximum absolute atomic E-state index is 12.5. The Balaban J connectivity index is 1.03. The van der Waals surface area contributed by atoms with Gasteiger partial charge in [0.2, 0.25) is 5.95 Å². The molecule has 0 bridgehead atoms. The molecule has 0 unspecified atom stereocenters. The van der Waals surface area contributed by atoms with Crippen LogP contribution in [0.3, 0.4) is 0 Å². The number of benzene rings is 3. The fourth-order valence-electron chi connectivity index (χ4n) is 4.50. The Morgan fingerprint density at radius 2 is 1.65 bits per heavy atom. The molecule has 1 saturated heterocycles. The quantitative estimate of drug-likeness (QED) is 0.216. The molecule has 1 fully saturated rings. The zero-order chi connectivity index (χ0) is 28.0. The number of nitrogens with zero attached hydrogens (tertiary/aromatic N) is 2. The summed E-state index contributed by atoms with van der Waals surface area (Å²) >= 11 is 0. The van der Waals surface area contributed by atoms with Crippen molar-refractivity contribution in [1.29, 1.82) is 0 Å². The van der Waals surface area contributed by atoms with E-state index < -0.39 is 16.0 Å². The van der Waals surface area contributed by atoms with Crippen LogP contribution in [0, 0.1) is 0 Å². The molecule has 0 aliphatic carbocycles. The van der Waals surface area contributed by atoms with Gasteiger partial charge in [0, 0.05) is 36.9 Å². The number of H-pyrrole nitrogens is 1. The summed E-state index contributed by atoms with van der Waals surface area (Å²) in [6.45, 7) is 1.75. The topological polar surface area (TPSA) is 146 Å². The van der Waals surface area contributed by atoms with Crippen molar-refractivity contribution in [3.05, 3.63) is 84.4 Å². The number of para-hydroxylation sites is 2. The number of hydrogen-bond acceptors (Lipinski definition) is 8. The van der Waals surface area contributed by atoms with Crippen molar-refractivity contribution in [3.63, 3.8) is 0 Å². The minimum Gasteiger partial charge on any atom is -0.371 e. The van der Waals surface area contributed by atoms with Crippen LogP contribution >= 0.6 is 0 Å². The number of imidazole rings is 1. The minimum atomic E-state index is -3.97. The normalized spacial score (nSPS) is 14.2. The van der Waals surface area contributed by atoms with E-state index in [1.54, 1.807) is 35.2 Å². The molecule has 4 aromatic rings. The van der Waals surface area contributed by atoms with Crippen LogP contribution in [0.4, 0.5) is 11.6 Å². The monoisotopic (exact) mass is 562 g/mol. The van der Waals surface area contributed by atoms with Crippen molar-refractivity contribution in [2.75, 3.05) is 29.9 Å². The summed E-state index contributed by atoms with van der Waals surface area (Å²) in [7, 11) is -3.97. The molecule has 40 heavy (non-hydrogen) atoms. The number of piperidine rings is 1. The number of rotatable bonds is 10. The number of nitrogens with one attached hydrogen (secondary N) is 4. The summed E-state index contributed by atoms with van der Waals surface area (Å²) in [6.07, 6.45) is 1.71. The summed E-state index contributed by atoms with van der Waals surface area (Å²) in [5.74, 6) is -0.358. The van der Waals surface area contributed by atoms with Crippen LogP contribution in [-0.4, -0.2) is 55.9 Å². The average molecular weight is 563 g/mol. The molecule has 2 heterocycles. The fraction of sp³-hybridized carbons (Fsp3) is 0.250. The zero-order valence-corrected chi connectivity index (χ0v) is 22.5. The predicted octanol–water partition coefficient (Wildman–Crippen LogP) is 3.20. The zero-order valence-electron chi connectivity index (χ0n) is 21.7. The van der Waals surface area contributed by atoms with Crippen molar-refractivity contribution in [3.8, 4) is 0 Å². The Kier molecular flexibility index (Phi) is 8.27. The molecule has 0 atom stereocenters. The highest BCUT2D eigenvalue weighted by atomic mass is 32.2. The minimum absolute atomic E-state index is 0.00176. The van der Waals surface area contributed by atoms with Gasteiger partial charge in [-0.3, -0.25) is 9.59 Å². The van der Waals surface area contributed by atoms with E-state index >= 15 is 0 Å². The van der Waals surface area contributed by atoms with Gasteiger partial charge >= 0.3 is 5.97 Å². The van der Waals surface area contributed by atoms with Crippen LogP contribution in [-0.2, 0) is 19.7 Å². The Hall–Kier alpha value is -4.42. The third-order valence-electron chi connectivity index (χ3n) is 6.65. The lowest BCUT2D eigenvalue weighted by Crippen LogP contribution is -2.39. The van der Waals surface area contributed by atoms with E-state index in [1.807, 2.05) is 36.4 Å². The van der Waals surface area contributed by atoms with Gasteiger partial charge in [-0.2, -0.15) is 0 Å². The smallest absolute Gasteiger partial charge is 0.327 e. The summed E-state index contributed by atoms with van der Waals surface area (Å²) < 4.78 is 24.2. The molecule has 5 rings (SSSR count). The van der Waals surface area contributed by atoms with Gasteiger partial charge < -0.3 is 25.4 Å². The number of carbonyl (C=O) groups excluding carboxylic acids is 2. The van der Waals surface area contributed by atoms with Crippen LogP contribution in [0.5, 0.6) is 0 Å². The summed E-state index contributed by atoms with van der Waals surface area (Å²) in [5.41, 5.74) is 3.45. The molecule has 12 heteroatoms. The number of fused-ring (bicyclic) bond motifs is 1. The maximum Gasteiger partial charge on any atom is 0.327 e. The molecule has 1 aliphatic rings. The second-order valence-electron chi connectivity index (χ2n) is 9.43. The first-order chi connectivity index (χ1) is 19.4. The third-order valence-corrected chi connectivity index (χ3v) is 7.85. The average Bonchev–Trinajstić information content (AvgIpc) is 3.39. The number of sulfonamides is 1. The molecule has 11 nitrogen and oxygen atoms in total. The lowest BCUT2D eigenvalue weighted by atomic mass is 10.0. The summed E-state index contributed by atoms with van der Waals surface area (Å²) in [4.78, 5) is 41.0. The number of anilines is 2. The van der Waals surface area contributed by atoms with Crippen LogP contribution < -0.4 is 20.4 Å². The second-order valence-corrected chi connectivity index (χ2v) is 11.1. The second kappa shape index (κ2) is 12.2. The lowest BCUT2D eigenvalue weighted by Gasteiger charge is -2.34. The van der Waals surface area contributed by atoms with E-state index in [9.17, 15) is 18.0 Å². The molecule has 208 valence electrons. The summed E-state index contributed by atoms with van der Waals surface area (Å²) in [6, 6.07) is 23.1. The van der Waals surface area contributed by atoms with Gasteiger partial charge in [0.15, 0.2) is 0 Å². The Morgan fingerprint density at radius 1 is 0.950 bits per heavy atom. The highest BCUT2D eigenvalue weighted by Crippen LogP contribution is 2.23. The van der Waals surface area contributed by atoms with E-state index in [1.165, 1.54) is 12.1 Å². The number of hydrogen-bond donors (Lipinski definition) is 4. The SMILES string of the molecule is O=C(CCNC(=O)c1ccc(N2CCC(Nc3nc4ccccc4[nH]3)CC2)cc1)ONS(=O)(=O)c1ccccc1. The predicted molar refractivity (Wildman–Crippen MR) is 151 cm³/mol. The van der Waals surface area contributed by atoms with Gasteiger partial charge in [-0.1, -0.05) is 30.3 Å². The molecular weight excluding hydrogens is 532 g/mol. The lowest BCUT2D eigenvalue weighted by molar-refractivity contribution is -0.146. The van der Waals surface area contributed by atoms with E-state index in [4.69, 9.17) is 0 Å². The van der Waals surface area contributed by atoms with E-state index in [-0.39, 0.29) is 23.8 Å². The van der Waals surface area contributed by atoms with Crippen molar-refractivity contribution in [2.45, 2.75) is 30.2 Å². The van der Waals surface area contributed by atoms with Crippen LogP contribution in [0.25, 0.3) is 11.0 Å². The van der Waals surface area contributed by atoms with E-state index in [2.05, 4.69) is 30.3 Å². The number of amides is 1. The molecule has 0 saturated carbocycles. The maximum atomic E-state index is 12.5. The number of aromatic nitrogens is 2. The highest BCUT2D eigenvalue weighted by molar-refractivity contribution is 7.89. The Labute approximate surface area is 231 Å². The van der Waals surface area contributed by atoms with E-state index in [0.29, 0.717) is 11.6 Å². The van der Waals surface area contributed by atoms with Gasteiger partial charge in [0.05, 0.1) is 22.3 Å². The van der Waals surface area contributed by atoms with Gasteiger partial charge in [-0.25, -0.2) is 13.4 Å². The van der Waals surface area contributed by atoms with Gasteiger partial charge in [-0.05, 0) is 66.3 Å². The molecule has 1 amide bonds. The molecule has 0 spiro atoms. The van der Waals surface area contributed by atoms with Crippen molar-refractivity contribution < 1.29 is 22.8 Å². The first-order valence-corrected chi connectivity index (χ1v) is 14.5. The molecule has 1 aliphatic heterocycles. The first-order valence-electron chi connectivity index (χ1n) is 13.0. The standard InChI is InChI=1S/C28H30N6O5S/c35-26(39-33-40(37,38)23-6-2-1-3-7-23)14-17-29-27(36)20-10-12-22(13-11-20)34-18-15-21(16-19-34)30-28-31-24-8-4-5-9-25(24)32-28/h1-13,21,33H,14-19H2,(H,29,36)(H2,30,31,32). The largest absolute Gasteiger partial charge is 0.371 e. The molecule has 1 aromatic heterocycles. The molecular formula is C28H30N6O5S. The van der Waals surface area contributed by atoms with Crippen molar-refractivity contribution >= 4 is 44.6 Å². The summed E-state index contributed by atoms with van der Waals surface area (Å²) in [5, 5.41) is 6.15. The highest BCUT2D eigenvalue weighted by Gasteiger charge is 2.21. The number of aromatic amines is 1.